The summed E-state index contributed by atoms with van der Waals surface area (Å²) in [6, 6.07) is -0.0713. The first-order chi connectivity index (χ1) is 7.09. The Hall–Kier alpha value is -0.170. The Bertz CT molecular complexity index is 311. The molecule has 3 N–H and O–H groups in total. The molecule has 0 radical (unpaired) electrons. The number of hydrogen-bond acceptors (Lipinski definition) is 3. The molecule has 2 fully saturated rings. The van der Waals surface area contributed by atoms with E-state index in [1.54, 1.807) is 0 Å². The largest absolute Gasteiger partial charge is 0.326 e. The number of nitrogens with zero attached hydrogens (tertiary/aromatic N) is 1. The van der Waals surface area contributed by atoms with E-state index in [9.17, 15) is 8.42 Å². The standard InChI is InChI=1S/C9H19N3O2S/c10-8-4-3-5-9(8)11-15(13,14)12-6-1-2-7-12/h8-9,11H,1-7,10H2. The topological polar surface area (TPSA) is 75.4 Å². The van der Waals surface area contributed by atoms with Gasteiger partial charge in [0.15, 0.2) is 0 Å². The van der Waals surface area contributed by atoms with Crippen LogP contribution in [0.15, 0.2) is 0 Å². The molecule has 1 aliphatic carbocycles. The third-order valence-electron chi connectivity index (χ3n) is 3.27. The van der Waals surface area contributed by atoms with Gasteiger partial charge in [-0.15, -0.1) is 0 Å². The third-order valence-corrected chi connectivity index (χ3v) is 4.92. The molecule has 1 saturated heterocycles. The Morgan fingerprint density at radius 1 is 1.13 bits per heavy atom. The average Bonchev–Trinajstić information content (AvgIpc) is 2.77. The van der Waals surface area contributed by atoms with E-state index in [1.165, 1.54) is 4.31 Å². The zero-order chi connectivity index (χ0) is 10.9. The molecule has 0 aromatic rings. The summed E-state index contributed by atoms with van der Waals surface area (Å²) in [5.74, 6) is 0. The Balaban J connectivity index is 1.97. The molecule has 2 rings (SSSR count). The molecule has 15 heavy (non-hydrogen) atoms. The van der Waals surface area contributed by atoms with Gasteiger partial charge in [0.05, 0.1) is 0 Å². The smallest absolute Gasteiger partial charge is 0.279 e. The number of nitrogens with two attached hydrogens (primary N) is 1. The van der Waals surface area contributed by atoms with Gasteiger partial charge < -0.3 is 5.73 Å². The number of nitrogens with one attached hydrogen (secondary N) is 1. The van der Waals surface area contributed by atoms with E-state index >= 15 is 0 Å². The minimum atomic E-state index is -3.27. The lowest BCUT2D eigenvalue weighted by Crippen LogP contribution is -2.49. The maximum atomic E-state index is 11.9. The number of hydrogen-bond donors (Lipinski definition) is 2. The van der Waals surface area contributed by atoms with E-state index in [-0.39, 0.29) is 12.1 Å². The van der Waals surface area contributed by atoms with Crippen LogP contribution in [0.2, 0.25) is 0 Å². The second kappa shape index (κ2) is 4.37. The van der Waals surface area contributed by atoms with E-state index in [4.69, 9.17) is 5.73 Å². The molecule has 0 aromatic heterocycles. The van der Waals surface area contributed by atoms with Crippen molar-refractivity contribution in [2.75, 3.05) is 13.1 Å². The summed E-state index contributed by atoms with van der Waals surface area (Å²) in [5, 5.41) is 0. The van der Waals surface area contributed by atoms with Crippen LogP contribution in [-0.4, -0.2) is 37.9 Å². The van der Waals surface area contributed by atoms with E-state index in [2.05, 4.69) is 4.72 Å². The lowest BCUT2D eigenvalue weighted by Gasteiger charge is -2.22. The molecule has 6 heteroatoms. The van der Waals surface area contributed by atoms with Crippen molar-refractivity contribution in [1.29, 1.82) is 0 Å². The van der Waals surface area contributed by atoms with E-state index < -0.39 is 10.2 Å². The zero-order valence-electron chi connectivity index (χ0n) is 8.85. The van der Waals surface area contributed by atoms with Gasteiger partial charge in [0.2, 0.25) is 0 Å². The molecule has 88 valence electrons. The highest BCUT2D eigenvalue weighted by Crippen LogP contribution is 2.19. The summed E-state index contributed by atoms with van der Waals surface area (Å²) in [4.78, 5) is 0. The van der Waals surface area contributed by atoms with Crippen molar-refractivity contribution in [3.8, 4) is 0 Å². The Morgan fingerprint density at radius 2 is 1.80 bits per heavy atom. The molecular weight excluding hydrogens is 214 g/mol. The van der Waals surface area contributed by atoms with Crippen LogP contribution in [0, 0.1) is 0 Å². The first-order valence-electron chi connectivity index (χ1n) is 5.62. The Kier molecular flexibility index (Phi) is 3.30. The molecule has 0 spiro atoms. The number of rotatable bonds is 3. The lowest BCUT2D eigenvalue weighted by molar-refractivity contribution is 0.443. The summed E-state index contributed by atoms with van der Waals surface area (Å²) in [7, 11) is -3.27. The lowest BCUT2D eigenvalue weighted by atomic mass is 10.2. The van der Waals surface area contributed by atoms with Crippen LogP contribution in [-0.2, 0) is 10.2 Å². The molecule has 1 heterocycles. The predicted molar refractivity (Wildman–Crippen MR) is 58.5 cm³/mol. The van der Waals surface area contributed by atoms with Gasteiger partial charge in [-0.25, -0.2) is 0 Å². The van der Waals surface area contributed by atoms with Crippen molar-refractivity contribution in [2.45, 2.75) is 44.2 Å². The quantitative estimate of drug-likeness (QED) is 0.708. The molecule has 0 bridgehead atoms. The fourth-order valence-corrected chi connectivity index (χ4v) is 3.89. The van der Waals surface area contributed by atoms with Gasteiger partial charge in [-0.1, -0.05) is 6.42 Å². The van der Waals surface area contributed by atoms with Gasteiger partial charge in [-0.3, -0.25) is 0 Å². The first-order valence-corrected chi connectivity index (χ1v) is 7.06. The van der Waals surface area contributed by atoms with Crippen LogP contribution in [0.3, 0.4) is 0 Å². The van der Waals surface area contributed by atoms with Crippen LogP contribution in [0.25, 0.3) is 0 Å². The summed E-state index contributed by atoms with van der Waals surface area (Å²) < 4.78 is 28.0. The molecule has 1 aliphatic heterocycles. The van der Waals surface area contributed by atoms with Gasteiger partial charge in [-0.05, 0) is 25.7 Å². The maximum absolute atomic E-state index is 11.9. The van der Waals surface area contributed by atoms with Crippen LogP contribution in [0.1, 0.15) is 32.1 Å². The molecular formula is C9H19N3O2S. The molecule has 2 unspecified atom stereocenters. The monoisotopic (exact) mass is 233 g/mol. The van der Waals surface area contributed by atoms with Crippen molar-refractivity contribution in [1.82, 2.24) is 9.03 Å². The van der Waals surface area contributed by atoms with Crippen LogP contribution in [0.4, 0.5) is 0 Å². The maximum Gasteiger partial charge on any atom is 0.279 e. The van der Waals surface area contributed by atoms with Gasteiger partial charge in [0.25, 0.3) is 10.2 Å². The van der Waals surface area contributed by atoms with E-state index in [1.807, 2.05) is 0 Å². The molecule has 5 nitrogen and oxygen atoms in total. The summed E-state index contributed by atoms with van der Waals surface area (Å²) in [6.45, 7) is 1.30. The minimum absolute atomic E-state index is 0.0117. The van der Waals surface area contributed by atoms with Crippen molar-refractivity contribution in [3.05, 3.63) is 0 Å². The summed E-state index contributed by atoms with van der Waals surface area (Å²) in [5.41, 5.74) is 5.84. The van der Waals surface area contributed by atoms with Crippen LogP contribution < -0.4 is 10.5 Å². The predicted octanol–water partition coefficient (Wildman–Crippen LogP) is -0.204. The zero-order valence-corrected chi connectivity index (χ0v) is 9.67. The fraction of sp³-hybridized carbons (Fsp3) is 1.00. The van der Waals surface area contributed by atoms with Crippen molar-refractivity contribution in [3.63, 3.8) is 0 Å². The summed E-state index contributed by atoms with van der Waals surface area (Å²) >= 11 is 0. The van der Waals surface area contributed by atoms with Gasteiger partial charge >= 0.3 is 0 Å². The minimum Gasteiger partial charge on any atom is -0.326 e. The van der Waals surface area contributed by atoms with E-state index in [0.29, 0.717) is 13.1 Å². The average molecular weight is 233 g/mol. The normalized spacial score (nSPS) is 33.7. The second-order valence-electron chi connectivity index (χ2n) is 4.43. The second-order valence-corrected chi connectivity index (χ2v) is 6.13. The highest BCUT2D eigenvalue weighted by molar-refractivity contribution is 7.87. The van der Waals surface area contributed by atoms with Crippen LogP contribution in [0.5, 0.6) is 0 Å². The van der Waals surface area contributed by atoms with Crippen molar-refractivity contribution in [2.24, 2.45) is 5.73 Å². The molecule has 2 aliphatic rings. The first kappa shape index (κ1) is 11.3. The van der Waals surface area contributed by atoms with Gasteiger partial charge in [0.1, 0.15) is 0 Å². The molecule has 0 aromatic carbocycles. The molecule has 1 saturated carbocycles. The Morgan fingerprint density at radius 3 is 2.33 bits per heavy atom. The summed E-state index contributed by atoms with van der Waals surface area (Å²) in [6.07, 6.45) is 4.75. The Labute approximate surface area is 91.2 Å². The van der Waals surface area contributed by atoms with Gasteiger partial charge in [-0.2, -0.15) is 17.4 Å². The SMILES string of the molecule is NC1CCCC1NS(=O)(=O)N1CCCC1. The van der Waals surface area contributed by atoms with Crippen molar-refractivity contribution < 1.29 is 8.42 Å². The van der Waals surface area contributed by atoms with Crippen molar-refractivity contribution >= 4 is 10.2 Å². The fourth-order valence-electron chi connectivity index (χ4n) is 2.33. The van der Waals surface area contributed by atoms with Crippen LogP contribution >= 0.6 is 0 Å². The molecule has 2 atom stereocenters. The highest BCUT2D eigenvalue weighted by Gasteiger charge is 2.32. The highest BCUT2D eigenvalue weighted by atomic mass is 32.2. The molecule has 0 amide bonds. The third kappa shape index (κ3) is 2.50. The van der Waals surface area contributed by atoms with E-state index in [0.717, 1.165) is 32.1 Å². The van der Waals surface area contributed by atoms with Gasteiger partial charge in [0, 0.05) is 25.2 Å².